The number of ether oxygens (including phenoxy) is 2. The second-order valence-electron chi connectivity index (χ2n) is 7.52. The molecule has 2 aromatic heterocycles. The van der Waals surface area contributed by atoms with Gasteiger partial charge in [0.15, 0.2) is 17.2 Å². The lowest BCUT2D eigenvalue weighted by molar-refractivity contribution is 0.0946. The molecule has 12 nitrogen and oxygen atoms in total. The number of benzene rings is 2. The lowest BCUT2D eigenvalue weighted by atomic mass is 10.2. The second-order valence-corrected chi connectivity index (χ2v) is 7.52. The van der Waals surface area contributed by atoms with Gasteiger partial charge in [-0.1, -0.05) is 35.0 Å². The van der Waals surface area contributed by atoms with Crippen LogP contribution in [-0.4, -0.2) is 44.0 Å². The van der Waals surface area contributed by atoms with Crippen molar-refractivity contribution >= 4 is 17.9 Å². The highest BCUT2D eigenvalue weighted by atomic mass is 16.6. The minimum absolute atomic E-state index is 0.0272. The molecule has 180 valence electrons. The molecule has 4 aromatic rings. The third-order valence-electron chi connectivity index (χ3n) is 4.91. The van der Waals surface area contributed by atoms with Gasteiger partial charge in [-0.2, -0.15) is 9.78 Å². The van der Waals surface area contributed by atoms with Crippen molar-refractivity contribution in [1.82, 2.24) is 30.7 Å². The van der Waals surface area contributed by atoms with Crippen LogP contribution in [0.5, 0.6) is 11.5 Å². The number of hydrogen-bond donors (Lipinski definition) is 2. The summed E-state index contributed by atoms with van der Waals surface area (Å²) in [5.74, 6) is 0.650. The van der Waals surface area contributed by atoms with Gasteiger partial charge in [0.2, 0.25) is 11.6 Å². The predicted molar refractivity (Wildman–Crippen MR) is 127 cm³/mol. The molecule has 0 aliphatic carbocycles. The lowest BCUT2D eigenvalue weighted by Crippen LogP contribution is -2.22. The molecule has 2 aromatic carbocycles. The van der Waals surface area contributed by atoms with Crippen LogP contribution >= 0.6 is 0 Å². The number of hydrazone groups is 1. The third-order valence-corrected chi connectivity index (χ3v) is 4.91. The summed E-state index contributed by atoms with van der Waals surface area (Å²) in [5, 5.41) is 18.9. The first-order valence-electron chi connectivity index (χ1n) is 10.8. The zero-order valence-corrected chi connectivity index (χ0v) is 19.4. The number of hydrogen-bond acceptors (Lipinski definition) is 10. The summed E-state index contributed by atoms with van der Waals surface area (Å²) in [4.78, 5) is 12.7. The first-order chi connectivity index (χ1) is 17.0. The predicted octanol–water partition coefficient (Wildman–Crippen LogP) is 2.59. The normalized spacial score (nSPS) is 11.1. The summed E-state index contributed by atoms with van der Waals surface area (Å²) in [6.07, 6.45) is 1.49. The van der Waals surface area contributed by atoms with Crippen LogP contribution in [0.25, 0.3) is 5.82 Å². The molecular weight excluding hydrogens is 452 g/mol. The Hall–Kier alpha value is -4.74. The van der Waals surface area contributed by atoms with Crippen LogP contribution in [0.1, 0.15) is 39.8 Å². The molecule has 0 aliphatic heterocycles. The van der Waals surface area contributed by atoms with Crippen molar-refractivity contribution in [3.05, 3.63) is 70.5 Å². The maximum Gasteiger partial charge on any atom is 0.292 e. The number of amides is 1. The summed E-state index contributed by atoms with van der Waals surface area (Å²) in [6, 6.07) is 13.5. The molecule has 3 N–H and O–H groups in total. The lowest BCUT2D eigenvalue weighted by Gasteiger charge is -2.13. The van der Waals surface area contributed by atoms with Gasteiger partial charge in [0, 0.05) is 0 Å². The number of carbonyl (C=O) groups excluding carboxylic acids is 1. The SMILES string of the molecule is CCOc1cc(/C=N\NC(=O)c2c(C)nnn2-c2nonc2N)ccc1OCc1ccc(C)cc1. The molecular formula is C23H24N8O4. The number of nitrogen functional groups attached to an aromatic ring is 1. The summed E-state index contributed by atoms with van der Waals surface area (Å²) < 4.78 is 17.4. The van der Waals surface area contributed by atoms with Crippen molar-refractivity contribution in [3.8, 4) is 17.3 Å². The minimum atomic E-state index is -0.561. The molecule has 0 atom stereocenters. The van der Waals surface area contributed by atoms with Gasteiger partial charge in [0.25, 0.3) is 5.91 Å². The van der Waals surface area contributed by atoms with Crippen LogP contribution in [0.3, 0.4) is 0 Å². The molecule has 0 aliphatic rings. The van der Waals surface area contributed by atoms with E-state index in [9.17, 15) is 4.79 Å². The fourth-order valence-electron chi connectivity index (χ4n) is 3.16. The molecule has 0 radical (unpaired) electrons. The van der Waals surface area contributed by atoms with E-state index in [0.29, 0.717) is 36.0 Å². The number of aryl methyl sites for hydroxylation is 2. The number of aromatic nitrogens is 5. The van der Waals surface area contributed by atoms with Crippen molar-refractivity contribution in [2.45, 2.75) is 27.4 Å². The number of anilines is 1. The van der Waals surface area contributed by atoms with Gasteiger partial charge < -0.3 is 15.2 Å². The molecule has 0 unspecified atom stereocenters. The highest BCUT2D eigenvalue weighted by Gasteiger charge is 2.22. The Morgan fingerprint density at radius 1 is 1.14 bits per heavy atom. The number of nitrogens with zero attached hydrogens (tertiary/aromatic N) is 6. The smallest absolute Gasteiger partial charge is 0.292 e. The minimum Gasteiger partial charge on any atom is -0.490 e. The topological polar surface area (TPSA) is 156 Å². The molecule has 1 amide bonds. The Balaban J connectivity index is 1.45. The van der Waals surface area contributed by atoms with Crippen molar-refractivity contribution < 1.29 is 18.9 Å². The molecule has 0 bridgehead atoms. The van der Waals surface area contributed by atoms with Gasteiger partial charge in [-0.15, -0.1) is 5.10 Å². The number of nitrogens with one attached hydrogen (secondary N) is 1. The Labute approximate surface area is 200 Å². The molecule has 0 saturated carbocycles. The fraction of sp³-hybridized carbons (Fsp3) is 0.217. The molecule has 0 spiro atoms. The van der Waals surface area contributed by atoms with Gasteiger partial charge in [-0.3, -0.25) is 4.79 Å². The summed E-state index contributed by atoms with van der Waals surface area (Å²) >= 11 is 0. The van der Waals surface area contributed by atoms with Crippen LogP contribution in [0.2, 0.25) is 0 Å². The molecule has 0 fully saturated rings. The van der Waals surface area contributed by atoms with Crippen LogP contribution < -0.4 is 20.6 Å². The molecule has 0 saturated heterocycles. The number of nitrogens with two attached hydrogens (primary N) is 1. The maximum atomic E-state index is 12.7. The summed E-state index contributed by atoms with van der Waals surface area (Å²) in [5.41, 5.74) is 11.5. The Morgan fingerprint density at radius 3 is 2.66 bits per heavy atom. The van der Waals surface area contributed by atoms with Gasteiger partial charge in [0.1, 0.15) is 6.61 Å². The number of rotatable bonds is 9. The summed E-state index contributed by atoms with van der Waals surface area (Å²) in [7, 11) is 0. The maximum absolute atomic E-state index is 12.7. The van der Waals surface area contributed by atoms with Crippen molar-refractivity contribution in [2.24, 2.45) is 5.10 Å². The highest BCUT2D eigenvalue weighted by Crippen LogP contribution is 2.29. The van der Waals surface area contributed by atoms with E-state index in [1.54, 1.807) is 19.1 Å². The van der Waals surface area contributed by atoms with Crippen LogP contribution in [0.4, 0.5) is 5.82 Å². The first-order valence-corrected chi connectivity index (χ1v) is 10.8. The van der Waals surface area contributed by atoms with E-state index in [-0.39, 0.29) is 17.3 Å². The van der Waals surface area contributed by atoms with Crippen molar-refractivity contribution in [1.29, 1.82) is 0 Å². The quantitative estimate of drug-likeness (QED) is 0.274. The van der Waals surface area contributed by atoms with E-state index >= 15 is 0 Å². The van der Waals surface area contributed by atoms with Crippen LogP contribution in [0.15, 0.2) is 52.2 Å². The second kappa shape index (κ2) is 10.5. The third kappa shape index (κ3) is 5.43. The largest absolute Gasteiger partial charge is 0.490 e. The Morgan fingerprint density at radius 2 is 1.94 bits per heavy atom. The van der Waals surface area contributed by atoms with Gasteiger partial charge in [-0.25, -0.2) is 10.1 Å². The number of carbonyl (C=O) groups is 1. The average molecular weight is 476 g/mol. The van der Waals surface area contributed by atoms with Crippen LogP contribution in [0, 0.1) is 13.8 Å². The van der Waals surface area contributed by atoms with Gasteiger partial charge in [0.05, 0.1) is 18.5 Å². The molecule has 2 heterocycles. The van der Waals surface area contributed by atoms with Crippen molar-refractivity contribution in [2.75, 3.05) is 12.3 Å². The van der Waals surface area contributed by atoms with E-state index < -0.39 is 5.91 Å². The fourth-order valence-corrected chi connectivity index (χ4v) is 3.16. The Bertz CT molecular complexity index is 1340. The zero-order chi connectivity index (χ0) is 24.8. The molecule has 12 heteroatoms. The van der Waals surface area contributed by atoms with Crippen LogP contribution in [-0.2, 0) is 6.61 Å². The molecule has 35 heavy (non-hydrogen) atoms. The standard InChI is InChI=1S/C23H24N8O4/c1-4-33-19-11-17(9-10-18(19)34-13-16-7-5-14(2)6-8-16)12-25-27-23(32)20-15(3)26-30-31(20)22-21(24)28-35-29-22/h5-12H,4,13H2,1-3H3,(H2,24,28)(H,27,32)/b25-12-. The van der Waals surface area contributed by atoms with Crippen molar-refractivity contribution in [3.63, 3.8) is 0 Å². The van der Waals surface area contributed by atoms with E-state index in [1.165, 1.54) is 11.8 Å². The molecule has 4 rings (SSSR count). The first kappa shape index (κ1) is 23.4. The van der Waals surface area contributed by atoms with E-state index in [1.807, 2.05) is 44.2 Å². The van der Waals surface area contributed by atoms with Gasteiger partial charge >= 0.3 is 0 Å². The highest BCUT2D eigenvalue weighted by molar-refractivity contribution is 5.94. The van der Waals surface area contributed by atoms with E-state index in [0.717, 1.165) is 10.2 Å². The van der Waals surface area contributed by atoms with E-state index in [4.69, 9.17) is 15.2 Å². The summed E-state index contributed by atoms with van der Waals surface area (Å²) in [6.45, 7) is 6.43. The Kier molecular flexibility index (Phi) is 7.00. The van der Waals surface area contributed by atoms with E-state index in [2.05, 4.69) is 35.8 Å². The monoisotopic (exact) mass is 476 g/mol. The zero-order valence-electron chi connectivity index (χ0n) is 19.4. The average Bonchev–Trinajstić information content (AvgIpc) is 3.44. The van der Waals surface area contributed by atoms with Gasteiger partial charge in [-0.05, 0) is 60.4 Å².